The van der Waals surface area contributed by atoms with Gasteiger partial charge in [0, 0.05) is 45.3 Å². The number of pyridine rings is 1. The van der Waals surface area contributed by atoms with Gasteiger partial charge in [-0.1, -0.05) is 24.3 Å². The molecule has 1 aromatic heterocycles. The first-order valence-electron chi connectivity index (χ1n) is 8.76. The van der Waals surface area contributed by atoms with Crippen LogP contribution in [0, 0.1) is 12.7 Å². The van der Waals surface area contributed by atoms with Gasteiger partial charge in [-0.25, -0.2) is 4.39 Å². The van der Waals surface area contributed by atoms with Crippen LogP contribution in [-0.4, -0.2) is 46.9 Å². The van der Waals surface area contributed by atoms with E-state index in [-0.39, 0.29) is 11.7 Å². The van der Waals surface area contributed by atoms with Gasteiger partial charge < -0.3 is 4.90 Å². The van der Waals surface area contributed by atoms with Crippen LogP contribution >= 0.6 is 0 Å². The average molecular weight is 341 g/mol. The molecular weight excluding hydrogens is 317 g/mol. The lowest BCUT2D eigenvalue weighted by Gasteiger charge is -2.35. The Balaban J connectivity index is 1.45. The Kier molecular flexibility index (Phi) is 5.76. The van der Waals surface area contributed by atoms with Crippen molar-refractivity contribution in [3.8, 4) is 0 Å². The lowest BCUT2D eigenvalue weighted by molar-refractivity contribution is -0.133. The van der Waals surface area contributed by atoms with Crippen molar-refractivity contribution in [1.82, 2.24) is 14.8 Å². The van der Waals surface area contributed by atoms with E-state index in [1.807, 2.05) is 4.90 Å². The number of carbonyl (C=O) groups excluding carboxylic acids is 1. The highest BCUT2D eigenvalue weighted by Gasteiger charge is 2.21. The highest BCUT2D eigenvalue weighted by atomic mass is 19.1. The number of carbonyl (C=O) groups is 1. The van der Waals surface area contributed by atoms with Crippen LogP contribution in [-0.2, 0) is 17.8 Å². The Bertz CT molecular complexity index is 726. The minimum absolute atomic E-state index is 0.139. The molecule has 1 fully saturated rings. The first kappa shape index (κ1) is 17.5. The zero-order chi connectivity index (χ0) is 17.6. The van der Waals surface area contributed by atoms with Crippen molar-refractivity contribution >= 4 is 5.91 Å². The number of halogens is 1. The van der Waals surface area contributed by atoms with Crippen LogP contribution < -0.4 is 0 Å². The van der Waals surface area contributed by atoms with E-state index in [4.69, 9.17) is 0 Å². The van der Waals surface area contributed by atoms with E-state index in [1.54, 1.807) is 6.20 Å². The standard InChI is InChI=1S/C20H24FN3O/c1-16-4-2-3-5-18(16)15-23-8-10-24(11-9-23)20(25)7-6-17-12-19(21)14-22-13-17/h2-5,12-14H,6-11,15H2,1H3. The molecule has 2 aromatic rings. The molecule has 0 spiro atoms. The molecule has 3 rings (SSSR count). The normalized spacial score (nSPS) is 15.4. The molecule has 1 aliphatic rings. The van der Waals surface area contributed by atoms with Crippen molar-refractivity contribution in [2.24, 2.45) is 0 Å². The van der Waals surface area contributed by atoms with Gasteiger partial charge in [-0.05, 0) is 36.1 Å². The summed E-state index contributed by atoms with van der Waals surface area (Å²) in [6.07, 6.45) is 3.74. The Morgan fingerprint density at radius 1 is 1.16 bits per heavy atom. The lowest BCUT2D eigenvalue weighted by Crippen LogP contribution is -2.48. The van der Waals surface area contributed by atoms with Gasteiger partial charge in [0.25, 0.3) is 0 Å². The number of rotatable bonds is 5. The number of aryl methyl sites for hydroxylation is 2. The van der Waals surface area contributed by atoms with Crippen LogP contribution in [0.15, 0.2) is 42.7 Å². The number of aromatic nitrogens is 1. The number of benzene rings is 1. The summed E-state index contributed by atoms with van der Waals surface area (Å²) in [5.41, 5.74) is 3.43. The van der Waals surface area contributed by atoms with E-state index in [0.29, 0.717) is 12.8 Å². The van der Waals surface area contributed by atoms with Crippen LogP contribution in [0.5, 0.6) is 0 Å². The van der Waals surface area contributed by atoms with Crippen molar-refractivity contribution in [2.45, 2.75) is 26.3 Å². The summed E-state index contributed by atoms with van der Waals surface area (Å²) in [6.45, 7) is 6.36. The van der Waals surface area contributed by atoms with Gasteiger partial charge in [-0.3, -0.25) is 14.7 Å². The molecule has 0 radical (unpaired) electrons. The second-order valence-corrected chi connectivity index (χ2v) is 6.59. The number of hydrogen-bond donors (Lipinski definition) is 0. The minimum atomic E-state index is -0.352. The summed E-state index contributed by atoms with van der Waals surface area (Å²) >= 11 is 0. The smallest absolute Gasteiger partial charge is 0.222 e. The summed E-state index contributed by atoms with van der Waals surface area (Å²) in [5, 5.41) is 0. The average Bonchev–Trinajstić information content (AvgIpc) is 2.62. The SMILES string of the molecule is Cc1ccccc1CN1CCN(C(=O)CCc2cncc(F)c2)CC1. The summed E-state index contributed by atoms with van der Waals surface area (Å²) in [4.78, 5) is 20.5. The molecule has 132 valence electrons. The number of amides is 1. The van der Waals surface area contributed by atoms with Gasteiger partial charge in [-0.15, -0.1) is 0 Å². The summed E-state index contributed by atoms with van der Waals surface area (Å²) in [6, 6.07) is 9.88. The molecule has 0 bridgehead atoms. The van der Waals surface area contributed by atoms with Crippen molar-refractivity contribution in [3.05, 3.63) is 65.2 Å². The van der Waals surface area contributed by atoms with E-state index < -0.39 is 0 Å². The second-order valence-electron chi connectivity index (χ2n) is 6.59. The maximum Gasteiger partial charge on any atom is 0.222 e. The molecule has 0 atom stereocenters. The van der Waals surface area contributed by atoms with Gasteiger partial charge in [0.05, 0.1) is 6.20 Å². The zero-order valence-corrected chi connectivity index (χ0v) is 14.6. The monoisotopic (exact) mass is 341 g/mol. The zero-order valence-electron chi connectivity index (χ0n) is 14.6. The van der Waals surface area contributed by atoms with Gasteiger partial charge >= 0.3 is 0 Å². The maximum atomic E-state index is 13.1. The summed E-state index contributed by atoms with van der Waals surface area (Å²) < 4.78 is 13.1. The molecule has 1 saturated heterocycles. The molecule has 1 amide bonds. The molecule has 2 heterocycles. The van der Waals surface area contributed by atoms with E-state index in [1.165, 1.54) is 23.4 Å². The third-order valence-corrected chi connectivity index (χ3v) is 4.77. The van der Waals surface area contributed by atoms with Crippen molar-refractivity contribution < 1.29 is 9.18 Å². The third-order valence-electron chi connectivity index (χ3n) is 4.77. The van der Waals surface area contributed by atoms with Gasteiger partial charge in [0.1, 0.15) is 5.82 Å². The molecular formula is C20H24FN3O. The van der Waals surface area contributed by atoms with Crippen molar-refractivity contribution in [2.75, 3.05) is 26.2 Å². The summed E-state index contributed by atoms with van der Waals surface area (Å²) in [5.74, 6) is -0.213. The molecule has 0 aliphatic carbocycles. The quantitative estimate of drug-likeness (QED) is 0.839. The fourth-order valence-electron chi connectivity index (χ4n) is 3.19. The molecule has 0 unspecified atom stereocenters. The largest absolute Gasteiger partial charge is 0.340 e. The number of hydrogen-bond acceptors (Lipinski definition) is 3. The first-order valence-corrected chi connectivity index (χ1v) is 8.76. The fraction of sp³-hybridized carbons (Fsp3) is 0.400. The fourth-order valence-corrected chi connectivity index (χ4v) is 3.19. The van der Waals surface area contributed by atoms with E-state index in [9.17, 15) is 9.18 Å². The predicted molar refractivity (Wildman–Crippen MR) is 95.6 cm³/mol. The predicted octanol–water partition coefficient (Wildman–Crippen LogP) is 2.81. The number of nitrogens with zero attached hydrogens (tertiary/aromatic N) is 3. The van der Waals surface area contributed by atoms with Gasteiger partial charge in [0.2, 0.25) is 5.91 Å². The van der Waals surface area contributed by atoms with E-state index >= 15 is 0 Å². The highest BCUT2D eigenvalue weighted by molar-refractivity contribution is 5.76. The molecule has 1 aliphatic heterocycles. The molecule has 25 heavy (non-hydrogen) atoms. The minimum Gasteiger partial charge on any atom is -0.340 e. The van der Waals surface area contributed by atoms with E-state index in [2.05, 4.69) is 41.1 Å². The van der Waals surface area contributed by atoms with Crippen LogP contribution in [0.3, 0.4) is 0 Å². The molecule has 0 saturated carbocycles. The van der Waals surface area contributed by atoms with E-state index in [0.717, 1.165) is 38.3 Å². The molecule has 0 N–H and O–H groups in total. The second kappa shape index (κ2) is 8.21. The lowest BCUT2D eigenvalue weighted by atomic mass is 10.1. The van der Waals surface area contributed by atoms with Gasteiger partial charge in [-0.2, -0.15) is 0 Å². The first-order chi connectivity index (χ1) is 12.1. The molecule has 1 aromatic carbocycles. The van der Waals surface area contributed by atoms with Crippen LogP contribution in [0.25, 0.3) is 0 Å². The topological polar surface area (TPSA) is 36.4 Å². The van der Waals surface area contributed by atoms with Crippen molar-refractivity contribution in [1.29, 1.82) is 0 Å². The Hall–Kier alpha value is -2.27. The molecule has 4 nitrogen and oxygen atoms in total. The van der Waals surface area contributed by atoms with Crippen molar-refractivity contribution in [3.63, 3.8) is 0 Å². The Morgan fingerprint density at radius 2 is 1.92 bits per heavy atom. The highest BCUT2D eigenvalue weighted by Crippen LogP contribution is 2.13. The summed E-state index contributed by atoms with van der Waals surface area (Å²) in [7, 11) is 0. The van der Waals surface area contributed by atoms with Crippen LogP contribution in [0.1, 0.15) is 23.1 Å². The molecule has 5 heteroatoms. The third kappa shape index (κ3) is 4.86. The van der Waals surface area contributed by atoms with Crippen LogP contribution in [0.4, 0.5) is 4.39 Å². The van der Waals surface area contributed by atoms with Gasteiger partial charge in [0.15, 0.2) is 0 Å². The number of piperazine rings is 1. The van der Waals surface area contributed by atoms with Crippen LogP contribution in [0.2, 0.25) is 0 Å². The Morgan fingerprint density at radius 3 is 2.64 bits per heavy atom. The maximum absolute atomic E-state index is 13.1. The Labute approximate surface area is 148 Å².